The van der Waals surface area contributed by atoms with Gasteiger partial charge in [0.1, 0.15) is 0 Å². The molecule has 3 rings (SSSR count). The maximum atomic E-state index is 12.3. The van der Waals surface area contributed by atoms with Gasteiger partial charge in [-0.15, -0.1) is 0 Å². The van der Waals surface area contributed by atoms with E-state index < -0.39 is 0 Å². The average molecular weight is 299 g/mol. The second-order valence-electron chi connectivity index (χ2n) is 4.82. The number of amides is 1. The largest absolute Gasteiger partial charge is 0.458 e. The van der Waals surface area contributed by atoms with Gasteiger partial charge in [0, 0.05) is 13.1 Å². The molecular formula is C12H15BrN2O2. The molecule has 0 bridgehead atoms. The van der Waals surface area contributed by atoms with Crippen LogP contribution in [0.5, 0.6) is 0 Å². The molecule has 1 N–H and O–H groups in total. The van der Waals surface area contributed by atoms with Crippen LogP contribution in [-0.2, 0) is 0 Å². The monoisotopic (exact) mass is 298 g/mol. The molecular weight excluding hydrogens is 284 g/mol. The van der Waals surface area contributed by atoms with Crippen LogP contribution in [0.3, 0.4) is 0 Å². The molecule has 2 unspecified atom stereocenters. The van der Waals surface area contributed by atoms with Crippen LogP contribution < -0.4 is 5.32 Å². The summed E-state index contributed by atoms with van der Waals surface area (Å²) in [4.78, 5) is 14.2. The summed E-state index contributed by atoms with van der Waals surface area (Å²) in [6.07, 6.45) is 2.72. The minimum atomic E-state index is 0.0104. The van der Waals surface area contributed by atoms with Crippen LogP contribution in [-0.4, -0.2) is 37.0 Å². The van der Waals surface area contributed by atoms with Crippen LogP contribution in [0.2, 0.25) is 0 Å². The molecule has 2 aliphatic rings. The summed E-state index contributed by atoms with van der Waals surface area (Å²) in [6.45, 7) is 3.84. The van der Waals surface area contributed by atoms with Gasteiger partial charge in [-0.1, -0.05) is 0 Å². The molecule has 92 valence electrons. The number of rotatable bonds is 1. The highest BCUT2D eigenvalue weighted by Gasteiger charge is 2.37. The molecule has 2 aliphatic heterocycles. The van der Waals surface area contributed by atoms with Crippen molar-refractivity contribution in [3.8, 4) is 0 Å². The molecule has 1 amide bonds. The van der Waals surface area contributed by atoms with Gasteiger partial charge in [-0.2, -0.15) is 0 Å². The fraction of sp³-hybridized carbons (Fsp3) is 0.583. The number of halogens is 1. The van der Waals surface area contributed by atoms with Crippen LogP contribution in [0.1, 0.15) is 17.0 Å². The molecule has 2 atom stereocenters. The van der Waals surface area contributed by atoms with E-state index in [0.717, 1.165) is 30.7 Å². The Kier molecular flexibility index (Phi) is 2.96. The smallest absolute Gasteiger partial charge is 0.290 e. The number of carbonyl (C=O) groups excluding carboxylic acids is 1. The van der Waals surface area contributed by atoms with Crippen molar-refractivity contribution in [2.24, 2.45) is 11.8 Å². The molecule has 5 heteroatoms. The lowest BCUT2D eigenvalue weighted by Gasteiger charge is -2.23. The molecule has 2 fully saturated rings. The highest BCUT2D eigenvalue weighted by atomic mass is 79.9. The van der Waals surface area contributed by atoms with E-state index in [1.165, 1.54) is 6.42 Å². The molecule has 0 aromatic carbocycles. The highest BCUT2D eigenvalue weighted by Crippen LogP contribution is 2.30. The Morgan fingerprint density at radius 1 is 1.47 bits per heavy atom. The maximum Gasteiger partial charge on any atom is 0.290 e. The van der Waals surface area contributed by atoms with Crippen molar-refractivity contribution in [1.29, 1.82) is 0 Å². The fourth-order valence-corrected chi connectivity index (χ4v) is 3.20. The van der Waals surface area contributed by atoms with Crippen LogP contribution in [0.25, 0.3) is 0 Å². The fourth-order valence-electron chi connectivity index (χ4n) is 2.83. The summed E-state index contributed by atoms with van der Waals surface area (Å²) < 4.78 is 5.98. The van der Waals surface area contributed by atoms with Crippen molar-refractivity contribution in [3.63, 3.8) is 0 Å². The SMILES string of the molecule is O=C(c1occc1Br)N1CC2CCNCC2C1. The lowest BCUT2D eigenvalue weighted by atomic mass is 9.90. The standard InChI is InChI=1S/C12H15BrN2O2/c13-10-2-4-17-11(10)12(16)15-6-8-1-3-14-5-9(8)7-15/h2,4,8-9,14H,1,3,5-7H2. The number of nitrogens with zero attached hydrogens (tertiary/aromatic N) is 1. The Morgan fingerprint density at radius 2 is 2.29 bits per heavy atom. The van der Waals surface area contributed by atoms with Gasteiger partial charge >= 0.3 is 0 Å². The summed E-state index contributed by atoms with van der Waals surface area (Å²) in [7, 11) is 0. The Hall–Kier alpha value is -0.810. The quantitative estimate of drug-likeness (QED) is 0.859. The first-order chi connectivity index (χ1) is 8.25. The first-order valence-corrected chi connectivity index (χ1v) is 6.78. The molecule has 2 saturated heterocycles. The van der Waals surface area contributed by atoms with E-state index in [9.17, 15) is 4.79 Å². The lowest BCUT2D eigenvalue weighted by molar-refractivity contribution is 0.0751. The van der Waals surface area contributed by atoms with E-state index in [-0.39, 0.29) is 5.91 Å². The molecule has 0 spiro atoms. The second-order valence-corrected chi connectivity index (χ2v) is 5.68. The van der Waals surface area contributed by atoms with Crippen molar-refractivity contribution >= 4 is 21.8 Å². The third-order valence-electron chi connectivity index (χ3n) is 3.77. The van der Waals surface area contributed by atoms with Crippen LogP contribution in [0.15, 0.2) is 21.2 Å². The van der Waals surface area contributed by atoms with Crippen molar-refractivity contribution in [2.45, 2.75) is 6.42 Å². The zero-order valence-electron chi connectivity index (χ0n) is 9.49. The highest BCUT2D eigenvalue weighted by molar-refractivity contribution is 9.10. The number of hydrogen-bond donors (Lipinski definition) is 1. The van der Waals surface area contributed by atoms with Gasteiger partial charge in [-0.25, -0.2) is 0 Å². The number of carbonyl (C=O) groups is 1. The van der Waals surface area contributed by atoms with Crippen LogP contribution in [0, 0.1) is 11.8 Å². The van der Waals surface area contributed by atoms with E-state index in [2.05, 4.69) is 21.2 Å². The maximum absolute atomic E-state index is 12.3. The molecule has 0 saturated carbocycles. The van der Waals surface area contributed by atoms with Gasteiger partial charge in [0.25, 0.3) is 5.91 Å². The van der Waals surface area contributed by atoms with Crippen LogP contribution in [0.4, 0.5) is 0 Å². The van der Waals surface area contributed by atoms with Crippen LogP contribution >= 0.6 is 15.9 Å². The molecule has 0 aliphatic carbocycles. The van der Waals surface area contributed by atoms with E-state index in [1.807, 2.05) is 4.90 Å². The number of furan rings is 1. The minimum Gasteiger partial charge on any atom is -0.458 e. The Labute approximate surface area is 108 Å². The number of piperidine rings is 1. The van der Waals surface area contributed by atoms with E-state index in [0.29, 0.717) is 17.6 Å². The average Bonchev–Trinajstić information content (AvgIpc) is 2.93. The van der Waals surface area contributed by atoms with Gasteiger partial charge in [0.2, 0.25) is 5.76 Å². The predicted octanol–water partition coefficient (Wildman–Crippen LogP) is 1.72. The molecule has 17 heavy (non-hydrogen) atoms. The third-order valence-corrected chi connectivity index (χ3v) is 4.40. The topological polar surface area (TPSA) is 45.5 Å². The first-order valence-electron chi connectivity index (χ1n) is 5.98. The molecule has 0 radical (unpaired) electrons. The van der Waals surface area contributed by atoms with Crippen molar-refractivity contribution in [1.82, 2.24) is 10.2 Å². The molecule has 1 aromatic heterocycles. The summed E-state index contributed by atoms with van der Waals surface area (Å²) in [5.41, 5.74) is 0. The zero-order valence-corrected chi connectivity index (χ0v) is 11.1. The normalized spacial score (nSPS) is 28.2. The number of nitrogens with one attached hydrogen (secondary N) is 1. The van der Waals surface area contributed by atoms with Gasteiger partial charge < -0.3 is 14.6 Å². The zero-order chi connectivity index (χ0) is 11.8. The number of likely N-dealkylation sites (tertiary alicyclic amines) is 1. The summed E-state index contributed by atoms with van der Waals surface area (Å²) in [5.74, 6) is 1.71. The lowest BCUT2D eigenvalue weighted by Crippen LogP contribution is -2.35. The van der Waals surface area contributed by atoms with E-state index >= 15 is 0 Å². The predicted molar refractivity (Wildman–Crippen MR) is 66.8 cm³/mol. The number of hydrogen-bond acceptors (Lipinski definition) is 3. The first kappa shape index (κ1) is 11.3. The Bertz CT molecular complexity index is 418. The van der Waals surface area contributed by atoms with E-state index in [4.69, 9.17) is 4.42 Å². The summed E-state index contributed by atoms with van der Waals surface area (Å²) in [5, 5.41) is 3.39. The van der Waals surface area contributed by atoms with Gasteiger partial charge in [-0.05, 0) is 53.3 Å². The Balaban J connectivity index is 1.74. The van der Waals surface area contributed by atoms with Crippen molar-refractivity contribution < 1.29 is 9.21 Å². The van der Waals surface area contributed by atoms with Gasteiger partial charge in [0.05, 0.1) is 10.7 Å². The second kappa shape index (κ2) is 4.46. The van der Waals surface area contributed by atoms with Gasteiger partial charge in [0.15, 0.2) is 0 Å². The van der Waals surface area contributed by atoms with Gasteiger partial charge in [-0.3, -0.25) is 4.79 Å². The Morgan fingerprint density at radius 3 is 3.00 bits per heavy atom. The number of fused-ring (bicyclic) bond motifs is 1. The molecule has 4 nitrogen and oxygen atoms in total. The molecule has 3 heterocycles. The summed E-state index contributed by atoms with van der Waals surface area (Å²) >= 11 is 3.34. The summed E-state index contributed by atoms with van der Waals surface area (Å²) in [6, 6.07) is 1.76. The minimum absolute atomic E-state index is 0.0104. The van der Waals surface area contributed by atoms with Crippen molar-refractivity contribution in [3.05, 3.63) is 22.6 Å². The van der Waals surface area contributed by atoms with E-state index in [1.54, 1.807) is 12.3 Å². The molecule has 1 aromatic rings. The third kappa shape index (κ3) is 2.02. The van der Waals surface area contributed by atoms with Crippen molar-refractivity contribution in [2.75, 3.05) is 26.2 Å².